The lowest BCUT2D eigenvalue weighted by Gasteiger charge is -2.31. The van der Waals surface area contributed by atoms with Crippen molar-refractivity contribution in [2.75, 3.05) is 13.1 Å². The SMILES string of the molecule is CCC(CC)CN(CC)C(C)c1cc(Br)ccc1O. The van der Waals surface area contributed by atoms with Crippen LogP contribution in [0.5, 0.6) is 5.75 Å². The van der Waals surface area contributed by atoms with Crippen LogP contribution in [-0.4, -0.2) is 23.1 Å². The smallest absolute Gasteiger partial charge is 0.120 e. The van der Waals surface area contributed by atoms with Crippen molar-refractivity contribution in [2.45, 2.75) is 46.6 Å². The molecule has 1 rings (SSSR count). The van der Waals surface area contributed by atoms with Crippen LogP contribution in [0.4, 0.5) is 0 Å². The van der Waals surface area contributed by atoms with Crippen LogP contribution in [0.2, 0.25) is 0 Å². The number of halogens is 1. The summed E-state index contributed by atoms with van der Waals surface area (Å²) >= 11 is 3.48. The lowest BCUT2D eigenvalue weighted by atomic mass is 10.00. The minimum absolute atomic E-state index is 0.239. The molecule has 0 amide bonds. The van der Waals surface area contributed by atoms with E-state index >= 15 is 0 Å². The average molecular weight is 328 g/mol. The summed E-state index contributed by atoms with van der Waals surface area (Å²) in [5.74, 6) is 1.12. The highest BCUT2D eigenvalue weighted by atomic mass is 79.9. The minimum Gasteiger partial charge on any atom is -0.508 e. The van der Waals surface area contributed by atoms with Gasteiger partial charge in [0.25, 0.3) is 0 Å². The molecule has 1 atom stereocenters. The van der Waals surface area contributed by atoms with Gasteiger partial charge in [-0.05, 0) is 37.6 Å². The van der Waals surface area contributed by atoms with Crippen molar-refractivity contribution in [3.63, 3.8) is 0 Å². The van der Waals surface area contributed by atoms with E-state index in [1.54, 1.807) is 6.07 Å². The highest BCUT2D eigenvalue weighted by Gasteiger charge is 2.19. The fourth-order valence-corrected chi connectivity index (χ4v) is 2.88. The Morgan fingerprint density at radius 2 is 1.84 bits per heavy atom. The van der Waals surface area contributed by atoms with Gasteiger partial charge >= 0.3 is 0 Å². The van der Waals surface area contributed by atoms with Gasteiger partial charge in [-0.3, -0.25) is 4.90 Å². The Labute approximate surface area is 126 Å². The first kappa shape index (κ1) is 16.5. The van der Waals surface area contributed by atoms with Crippen molar-refractivity contribution in [3.05, 3.63) is 28.2 Å². The molecule has 1 N–H and O–H groups in total. The molecule has 1 aromatic carbocycles. The van der Waals surface area contributed by atoms with Gasteiger partial charge in [-0.2, -0.15) is 0 Å². The van der Waals surface area contributed by atoms with Crippen LogP contribution in [0.1, 0.15) is 52.1 Å². The monoisotopic (exact) mass is 327 g/mol. The fourth-order valence-electron chi connectivity index (χ4n) is 2.50. The zero-order valence-corrected chi connectivity index (χ0v) is 14.1. The number of aromatic hydroxyl groups is 1. The van der Waals surface area contributed by atoms with Gasteiger partial charge in [0.1, 0.15) is 5.75 Å². The minimum atomic E-state index is 0.239. The van der Waals surface area contributed by atoms with Gasteiger partial charge in [-0.15, -0.1) is 0 Å². The quantitative estimate of drug-likeness (QED) is 0.763. The van der Waals surface area contributed by atoms with Crippen molar-refractivity contribution < 1.29 is 5.11 Å². The van der Waals surface area contributed by atoms with Crippen LogP contribution in [0.3, 0.4) is 0 Å². The number of nitrogens with zero attached hydrogens (tertiary/aromatic N) is 1. The average Bonchev–Trinajstić information content (AvgIpc) is 2.42. The molecule has 0 aliphatic heterocycles. The highest BCUT2D eigenvalue weighted by molar-refractivity contribution is 9.10. The van der Waals surface area contributed by atoms with E-state index in [0.29, 0.717) is 5.75 Å². The molecule has 0 bridgehead atoms. The maximum absolute atomic E-state index is 10.1. The Morgan fingerprint density at radius 3 is 2.37 bits per heavy atom. The van der Waals surface area contributed by atoms with Crippen molar-refractivity contribution in [2.24, 2.45) is 5.92 Å². The van der Waals surface area contributed by atoms with Crippen LogP contribution in [0.15, 0.2) is 22.7 Å². The molecule has 0 fully saturated rings. The Hall–Kier alpha value is -0.540. The van der Waals surface area contributed by atoms with E-state index in [1.165, 1.54) is 12.8 Å². The molecular formula is C16H26BrNO. The lowest BCUT2D eigenvalue weighted by molar-refractivity contribution is 0.179. The summed E-state index contributed by atoms with van der Waals surface area (Å²) in [6.07, 6.45) is 2.42. The second-order valence-corrected chi connectivity index (χ2v) is 6.06. The van der Waals surface area contributed by atoms with Crippen LogP contribution in [-0.2, 0) is 0 Å². The van der Waals surface area contributed by atoms with Gasteiger partial charge in [0.15, 0.2) is 0 Å². The molecule has 108 valence electrons. The topological polar surface area (TPSA) is 23.5 Å². The van der Waals surface area contributed by atoms with E-state index in [-0.39, 0.29) is 6.04 Å². The summed E-state index contributed by atoms with van der Waals surface area (Å²) < 4.78 is 1.02. The number of hydrogen-bond donors (Lipinski definition) is 1. The van der Waals surface area contributed by atoms with Crippen molar-refractivity contribution in [1.82, 2.24) is 4.90 Å². The molecule has 1 aromatic rings. The molecule has 0 aliphatic rings. The predicted octanol–water partition coefficient (Wildman–Crippen LogP) is 4.97. The van der Waals surface area contributed by atoms with E-state index in [1.807, 2.05) is 12.1 Å². The Balaban J connectivity index is 2.88. The molecule has 1 unspecified atom stereocenters. The zero-order chi connectivity index (χ0) is 14.4. The fraction of sp³-hybridized carbons (Fsp3) is 0.625. The Kier molecular flexibility index (Phi) is 6.87. The van der Waals surface area contributed by atoms with E-state index in [9.17, 15) is 5.11 Å². The molecule has 0 heterocycles. The van der Waals surface area contributed by atoms with Gasteiger partial charge in [-0.25, -0.2) is 0 Å². The second-order valence-electron chi connectivity index (χ2n) is 5.15. The molecule has 0 spiro atoms. The number of rotatable bonds is 7. The zero-order valence-electron chi connectivity index (χ0n) is 12.5. The first-order valence-corrected chi connectivity index (χ1v) is 8.05. The molecule has 0 radical (unpaired) electrons. The highest BCUT2D eigenvalue weighted by Crippen LogP contribution is 2.31. The third kappa shape index (κ3) is 4.50. The summed E-state index contributed by atoms with van der Waals surface area (Å²) in [5.41, 5.74) is 1.00. The van der Waals surface area contributed by atoms with Crippen LogP contribution in [0.25, 0.3) is 0 Å². The summed E-state index contributed by atoms with van der Waals surface area (Å²) in [6, 6.07) is 5.90. The predicted molar refractivity (Wildman–Crippen MR) is 85.5 cm³/mol. The number of phenolic OH excluding ortho intramolecular Hbond substituents is 1. The van der Waals surface area contributed by atoms with E-state index in [2.05, 4.69) is 48.5 Å². The van der Waals surface area contributed by atoms with Gasteiger partial charge in [-0.1, -0.05) is 49.5 Å². The van der Waals surface area contributed by atoms with Crippen molar-refractivity contribution in [3.8, 4) is 5.75 Å². The van der Waals surface area contributed by atoms with Gasteiger partial charge in [0.05, 0.1) is 0 Å². The second kappa shape index (κ2) is 7.91. The third-order valence-corrected chi connectivity index (χ3v) is 4.53. The standard InChI is InChI=1S/C16H26BrNO/c1-5-13(6-2)11-18(7-3)12(4)15-10-14(17)8-9-16(15)19/h8-10,12-13,19H,5-7,11H2,1-4H3. The molecule has 0 saturated carbocycles. The first-order chi connectivity index (χ1) is 9.03. The van der Waals surface area contributed by atoms with Crippen LogP contribution < -0.4 is 0 Å². The maximum Gasteiger partial charge on any atom is 0.120 e. The number of hydrogen-bond acceptors (Lipinski definition) is 2. The maximum atomic E-state index is 10.1. The summed E-state index contributed by atoms with van der Waals surface area (Å²) in [6.45, 7) is 11.0. The van der Waals surface area contributed by atoms with Gasteiger partial charge in [0, 0.05) is 22.6 Å². The molecule has 0 aromatic heterocycles. The third-order valence-electron chi connectivity index (χ3n) is 4.04. The molecule has 0 aliphatic carbocycles. The van der Waals surface area contributed by atoms with E-state index < -0.39 is 0 Å². The van der Waals surface area contributed by atoms with Crippen molar-refractivity contribution in [1.29, 1.82) is 0 Å². The van der Waals surface area contributed by atoms with Gasteiger partial charge in [0.2, 0.25) is 0 Å². The van der Waals surface area contributed by atoms with Crippen LogP contribution >= 0.6 is 15.9 Å². The summed E-state index contributed by atoms with van der Waals surface area (Å²) in [7, 11) is 0. The Morgan fingerprint density at radius 1 is 1.21 bits per heavy atom. The van der Waals surface area contributed by atoms with E-state index in [4.69, 9.17) is 0 Å². The van der Waals surface area contributed by atoms with Crippen LogP contribution in [0, 0.1) is 5.92 Å². The van der Waals surface area contributed by atoms with Crippen molar-refractivity contribution >= 4 is 15.9 Å². The molecule has 19 heavy (non-hydrogen) atoms. The molecular weight excluding hydrogens is 302 g/mol. The largest absolute Gasteiger partial charge is 0.508 e. The normalized spacial score (nSPS) is 13.2. The first-order valence-electron chi connectivity index (χ1n) is 7.25. The molecule has 3 heteroatoms. The summed E-state index contributed by atoms with van der Waals surface area (Å²) in [5, 5.41) is 10.1. The summed E-state index contributed by atoms with van der Waals surface area (Å²) in [4.78, 5) is 2.44. The number of benzene rings is 1. The molecule has 2 nitrogen and oxygen atoms in total. The number of phenols is 1. The molecule has 0 saturated heterocycles. The van der Waals surface area contributed by atoms with E-state index in [0.717, 1.165) is 29.0 Å². The lowest BCUT2D eigenvalue weighted by Crippen LogP contribution is -2.31. The van der Waals surface area contributed by atoms with Gasteiger partial charge < -0.3 is 5.11 Å². The Bertz CT molecular complexity index is 390.